The highest BCUT2D eigenvalue weighted by Gasteiger charge is 2.26. The lowest BCUT2D eigenvalue weighted by Crippen LogP contribution is -2.52. The zero-order chi connectivity index (χ0) is 14.6. The third kappa shape index (κ3) is 5.43. The Morgan fingerprint density at radius 3 is 2.50 bits per heavy atom. The minimum Gasteiger partial charge on any atom is -0.346 e. The van der Waals surface area contributed by atoms with Gasteiger partial charge in [0.25, 0.3) is 5.91 Å². The number of halogens is 2. The van der Waals surface area contributed by atoms with Gasteiger partial charge in [0.1, 0.15) is 0 Å². The molecule has 3 nitrogen and oxygen atoms in total. The van der Waals surface area contributed by atoms with Crippen molar-refractivity contribution in [1.29, 1.82) is 0 Å². The van der Waals surface area contributed by atoms with Crippen LogP contribution in [0.1, 0.15) is 43.1 Å². The molecule has 0 saturated carbocycles. The number of rotatable bonds is 5. The average molecular weight is 364 g/mol. The summed E-state index contributed by atoms with van der Waals surface area (Å²) >= 11 is 3.44. The molecule has 1 aromatic carbocycles. The molecule has 0 heterocycles. The normalized spacial score (nSPS) is 13.6. The topological polar surface area (TPSA) is 55.1 Å². The maximum absolute atomic E-state index is 12.3. The molecule has 0 aromatic heterocycles. The lowest BCUT2D eigenvalue weighted by atomic mass is 9.90. The number of nitrogens with two attached hydrogens (primary N) is 1. The van der Waals surface area contributed by atoms with Crippen LogP contribution in [0.2, 0.25) is 0 Å². The fraction of sp³-hybridized carbons (Fsp3) is 0.533. The number of hydrogen-bond donors (Lipinski definition) is 2. The van der Waals surface area contributed by atoms with Crippen LogP contribution in [-0.4, -0.2) is 18.0 Å². The van der Waals surface area contributed by atoms with E-state index in [1.54, 1.807) is 0 Å². The smallest absolute Gasteiger partial charge is 0.252 e. The second-order valence-corrected chi connectivity index (χ2v) is 6.65. The Morgan fingerprint density at radius 1 is 1.45 bits per heavy atom. The van der Waals surface area contributed by atoms with Crippen molar-refractivity contribution < 1.29 is 4.79 Å². The van der Waals surface area contributed by atoms with Crippen molar-refractivity contribution in [3.05, 3.63) is 33.8 Å². The summed E-state index contributed by atoms with van der Waals surface area (Å²) in [5.74, 6) is 0.399. The second kappa shape index (κ2) is 8.01. The van der Waals surface area contributed by atoms with Crippen LogP contribution in [-0.2, 0) is 0 Å². The molecule has 1 atom stereocenters. The maximum atomic E-state index is 12.3. The summed E-state index contributed by atoms with van der Waals surface area (Å²) in [6, 6.07) is 5.71. The van der Waals surface area contributed by atoms with Gasteiger partial charge in [-0.2, -0.15) is 0 Å². The number of carbonyl (C=O) groups is 1. The standard InChI is InChI=1S/C15H23BrN2O.ClH/c1-10(2)8-15(4,9-17)18-14(19)12-6-5-11(3)7-13(12)16;/h5-7,10H,8-9,17H2,1-4H3,(H,18,19);1H. The molecule has 114 valence electrons. The fourth-order valence-corrected chi connectivity index (χ4v) is 2.91. The van der Waals surface area contributed by atoms with Crippen molar-refractivity contribution in [2.75, 3.05) is 6.54 Å². The molecule has 1 rings (SSSR count). The predicted molar refractivity (Wildman–Crippen MR) is 90.5 cm³/mol. The minimum absolute atomic E-state index is 0. The Labute approximate surface area is 136 Å². The SMILES string of the molecule is Cc1ccc(C(=O)NC(C)(CN)CC(C)C)c(Br)c1.Cl. The van der Waals surface area contributed by atoms with E-state index < -0.39 is 0 Å². The fourth-order valence-electron chi connectivity index (χ4n) is 2.23. The molecule has 1 aromatic rings. The van der Waals surface area contributed by atoms with Crippen LogP contribution in [0.25, 0.3) is 0 Å². The van der Waals surface area contributed by atoms with E-state index in [4.69, 9.17) is 5.73 Å². The molecule has 20 heavy (non-hydrogen) atoms. The van der Waals surface area contributed by atoms with Crippen molar-refractivity contribution >= 4 is 34.2 Å². The molecule has 3 N–H and O–H groups in total. The summed E-state index contributed by atoms with van der Waals surface area (Å²) in [6.45, 7) is 8.67. The van der Waals surface area contributed by atoms with Crippen molar-refractivity contribution in [2.24, 2.45) is 11.7 Å². The van der Waals surface area contributed by atoms with Gasteiger partial charge in [0.15, 0.2) is 0 Å². The highest BCUT2D eigenvalue weighted by atomic mass is 79.9. The number of benzene rings is 1. The van der Waals surface area contributed by atoms with E-state index in [1.165, 1.54) is 0 Å². The van der Waals surface area contributed by atoms with E-state index in [0.29, 0.717) is 18.0 Å². The molecular weight excluding hydrogens is 340 g/mol. The van der Waals surface area contributed by atoms with Gasteiger partial charge in [-0.05, 0) is 59.8 Å². The first-order valence-electron chi connectivity index (χ1n) is 6.56. The van der Waals surface area contributed by atoms with E-state index in [2.05, 4.69) is 35.1 Å². The highest BCUT2D eigenvalue weighted by molar-refractivity contribution is 9.10. The third-order valence-corrected chi connectivity index (χ3v) is 3.75. The van der Waals surface area contributed by atoms with Gasteiger partial charge in [0.2, 0.25) is 0 Å². The third-order valence-electron chi connectivity index (χ3n) is 3.09. The summed E-state index contributed by atoms with van der Waals surface area (Å²) in [4.78, 5) is 12.3. The molecule has 0 spiro atoms. The Balaban J connectivity index is 0.00000361. The van der Waals surface area contributed by atoms with E-state index in [-0.39, 0.29) is 23.9 Å². The summed E-state index contributed by atoms with van der Waals surface area (Å²) in [5, 5.41) is 3.06. The van der Waals surface area contributed by atoms with Crippen molar-refractivity contribution in [1.82, 2.24) is 5.32 Å². The first kappa shape index (κ1) is 19.4. The van der Waals surface area contributed by atoms with Gasteiger partial charge < -0.3 is 11.1 Å². The number of carbonyl (C=O) groups excluding carboxylic acids is 1. The Kier molecular flexibility index (Phi) is 7.78. The minimum atomic E-state index is -0.365. The lowest BCUT2D eigenvalue weighted by Gasteiger charge is -2.31. The molecule has 0 aliphatic heterocycles. The average Bonchev–Trinajstić information content (AvgIpc) is 2.27. The van der Waals surface area contributed by atoms with Gasteiger partial charge in [-0.15, -0.1) is 12.4 Å². The number of aryl methyl sites for hydroxylation is 1. The van der Waals surface area contributed by atoms with Gasteiger partial charge in [-0.1, -0.05) is 19.9 Å². The second-order valence-electron chi connectivity index (χ2n) is 5.80. The quantitative estimate of drug-likeness (QED) is 0.838. The molecule has 0 radical (unpaired) electrons. The molecule has 5 heteroatoms. The summed E-state index contributed by atoms with van der Waals surface area (Å²) in [5.41, 5.74) is 7.22. The summed E-state index contributed by atoms with van der Waals surface area (Å²) < 4.78 is 0.814. The molecular formula is C15H24BrClN2O. The molecule has 1 unspecified atom stereocenters. The van der Waals surface area contributed by atoms with Crippen LogP contribution in [0.4, 0.5) is 0 Å². The molecule has 0 fully saturated rings. The van der Waals surface area contributed by atoms with Crippen molar-refractivity contribution in [3.8, 4) is 0 Å². The Bertz CT molecular complexity index is 465. The van der Waals surface area contributed by atoms with Crippen LogP contribution in [0.5, 0.6) is 0 Å². The van der Waals surface area contributed by atoms with Gasteiger partial charge in [0, 0.05) is 16.6 Å². The first-order chi connectivity index (χ1) is 8.77. The molecule has 0 aliphatic carbocycles. The van der Waals surface area contributed by atoms with Crippen LogP contribution >= 0.6 is 28.3 Å². The van der Waals surface area contributed by atoms with Crippen molar-refractivity contribution in [3.63, 3.8) is 0 Å². The predicted octanol–water partition coefficient (Wildman–Crippen LogP) is 3.67. The van der Waals surface area contributed by atoms with Gasteiger partial charge >= 0.3 is 0 Å². The zero-order valence-electron chi connectivity index (χ0n) is 12.5. The highest BCUT2D eigenvalue weighted by Crippen LogP contribution is 2.21. The Hall–Kier alpha value is -0.580. The molecule has 0 aliphatic rings. The van der Waals surface area contributed by atoms with Crippen LogP contribution < -0.4 is 11.1 Å². The number of hydrogen-bond acceptors (Lipinski definition) is 2. The monoisotopic (exact) mass is 362 g/mol. The van der Waals surface area contributed by atoms with Gasteiger partial charge in [-0.25, -0.2) is 0 Å². The molecule has 1 amide bonds. The molecule has 0 bridgehead atoms. The van der Waals surface area contributed by atoms with Gasteiger partial charge in [0.05, 0.1) is 5.56 Å². The largest absolute Gasteiger partial charge is 0.346 e. The van der Waals surface area contributed by atoms with Gasteiger partial charge in [-0.3, -0.25) is 4.79 Å². The number of nitrogens with one attached hydrogen (secondary N) is 1. The lowest BCUT2D eigenvalue weighted by molar-refractivity contribution is 0.0897. The molecule has 0 saturated heterocycles. The van der Waals surface area contributed by atoms with E-state index in [0.717, 1.165) is 16.5 Å². The summed E-state index contributed by atoms with van der Waals surface area (Å²) in [6.07, 6.45) is 0.860. The van der Waals surface area contributed by atoms with Crippen molar-refractivity contribution in [2.45, 2.75) is 39.7 Å². The van der Waals surface area contributed by atoms with E-state index in [1.807, 2.05) is 32.0 Å². The van der Waals surface area contributed by atoms with Crippen LogP contribution in [0.3, 0.4) is 0 Å². The Morgan fingerprint density at radius 2 is 2.05 bits per heavy atom. The van der Waals surface area contributed by atoms with E-state index >= 15 is 0 Å². The maximum Gasteiger partial charge on any atom is 0.252 e. The van der Waals surface area contributed by atoms with Crippen LogP contribution in [0.15, 0.2) is 22.7 Å². The first-order valence-corrected chi connectivity index (χ1v) is 7.35. The van der Waals surface area contributed by atoms with Crippen LogP contribution in [0, 0.1) is 12.8 Å². The zero-order valence-corrected chi connectivity index (χ0v) is 14.9. The summed E-state index contributed by atoms with van der Waals surface area (Å²) in [7, 11) is 0. The van der Waals surface area contributed by atoms with E-state index in [9.17, 15) is 4.79 Å². The number of amides is 1.